The molecule has 0 fully saturated rings. The first-order valence-corrected chi connectivity index (χ1v) is 9.13. The number of carbonyl (C=O) groups is 1. The van der Waals surface area contributed by atoms with E-state index in [9.17, 15) is 4.79 Å². The predicted molar refractivity (Wildman–Crippen MR) is 112 cm³/mol. The second-order valence-electron chi connectivity index (χ2n) is 6.39. The minimum absolute atomic E-state index is 0.125. The van der Waals surface area contributed by atoms with E-state index in [0.29, 0.717) is 10.8 Å². The molecule has 0 saturated heterocycles. The van der Waals surface area contributed by atoms with Crippen LogP contribution < -0.4 is 10.2 Å². The van der Waals surface area contributed by atoms with Gasteiger partial charge in [0.25, 0.3) is 0 Å². The van der Waals surface area contributed by atoms with E-state index >= 15 is 0 Å². The minimum atomic E-state index is -0.125. The van der Waals surface area contributed by atoms with E-state index in [1.807, 2.05) is 60.1 Å². The lowest BCUT2D eigenvalue weighted by molar-refractivity contribution is -0.114. The number of benzene rings is 2. The largest absolute Gasteiger partial charge is 0.350 e. The van der Waals surface area contributed by atoms with E-state index < -0.39 is 0 Å². The zero-order valence-corrected chi connectivity index (χ0v) is 16.0. The highest BCUT2D eigenvalue weighted by molar-refractivity contribution is 6.30. The summed E-state index contributed by atoms with van der Waals surface area (Å²) in [6.45, 7) is 0.183. The Morgan fingerprint density at radius 3 is 2.61 bits per heavy atom. The monoisotopic (exact) mass is 391 g/mol. The Balaban J connectivity index is 1.43. The first kappa shape index (κ1) is 18.0. The molecule has 0 radical (unpaired) electrons. The Bertz CT molecular complexity index is 1110. The van der Waals surface area contributed by atoms with Crippen molar-refractivity contribution in [2.75, 3.05) is 23.8 Å². The molecule has 0 saturated carbocycles. The molecule has 4 aromatic rings. The zero-order chi connectivity index (χ0) is 19.5. The average Bonchev–Trinajstić information content (AvgIpc) is 3.13. The smallest absolute Gasteiger partial charge is 0.243 e. The molecule has 0 unspecified atom stereocenters. The van der Waals surface area contributed by atoms with Crippen molar-refractivity contribution in [3.63, 3.8) is 0 Å². The van der Waals surface area contributed by atoms with E-state index in [1.165, 1.54) is 0 Å². The summed E-state index contributed by atoms with van der Waals surface area (Å²) in [5.41, 5.74) is 3.69. The molecule has 2 heterocycles. The highest BCUT2D eigenvalue weighted by atomic mass is 35.5. The number of nitrogens with zero attached hydrogens (tertiary/aromatic N) is 4. The van der Waals surface area contributed by atoms with Crippen molar-refractivity contribution in [2.24, 2.45) is 0 Å². The first-order chi connectivity index (χ1) is 13.6. The summed E-state index contributed by atoms with van der Waals surface area (Å²) in [7, 11) is 1.81. The Kier molecular flexibility index (Phi) is 4.95. The SMILES string of the molecule is CN(CC(=O)Nc1ccc(-n2cnc3ccccc32)cc1)c1ccc(Cl)cn1. The predicted octanol–water partition coefficient (Wildman–Crippen LogP) is 4.15. The van der Waals surface area contributed by atoms with Crippen LogP contribution in [0.4, 0.5) is 11.5 Å². The third kappa shape index (κ3) is 3.82. The molecule has 0 bridgehead atoms. The van der Waals surface area contributed by atoms with Gasteiger partial charge in [-0.15, -0.1) is 0 Å². The number of halogens is 1. The van der Waals surface area contributed by atoms with Crippen molar-refractivity contribution < 1.29 is 4.79 Å². The number of aromatic nitrogens is 3. The van der Waals surface area contributed by atoms with Crippen LogP contribution in [0.3, 0.4) is 0 Å². The molecular formula is C21H18ClN5O. The van der Waals surface area contributed by atoms with Gasteiger partial charge in [-0.25, -0.2) is 9.97 Å². The third-order valence-electron chi connectivity index (χ3n) is 4.37. The Morgan fingerprint density at radius 1 is 1.07 bits per heavy atom. The van der Waals surface area contributed by atoms with Crippen LogP contribution in [-0.2, 0) is 4.79 Å². The van der Waals surface area contributed by atoms with Crippen LogP contribution >= 0.6 is 11.6 Å². The van der Waals surface area contributed by atoms with Crippen LogP contribution in [0.15, 0.2) is 73.2 Å². The lowest BCUT2D eigenvalue weighted by atomic mass is 10.2. The van der Waals surface area contributed by atoms with Crippen molar-refractivity contribution in [1.82, 2.24) is 14.5 Å². The van der Waals surface area contributed by atoms with E-state index in [0.717, 1.165) is 22.4 Å². The van der Waals surface area contributed by atoms with E-state index in [1.54, 1.807) is 29.6 Å². The number of nitrogens with one attached hydrogen (secondary N) is 1. The molecule has 28 heavy (non-hydrogen) atoms. The Morgan fingerprint density at radius 2 is 1.86 bits per heavy atom. The van der Waals surface area contributed by atoms with E-state index in [-0.39, 0.29) is 12.5 Å². The van der Waals surface area contributed by atoms with Gasteiger partial charge in [-0.3, -0.25) is 9.36 Å². The maximum absolute atomic E-state index is 12.3. The number of amides is 1. The highest BCUT2D eigenvalue weighted by Gasteiger charge is 2.09. The Hall–Kier alpha value is -3.38. The number of carbonyl (C=O) groups excluding carboxylic acids is 1. The van der Waals surface area contributed by atoms with Gasteiger partial charge < -0.3 is 10.2 Å². The fourth-order valence-corrected chi connectivity index (χ4v) is 3.07. The second-order valence-corrected chi connectivity index (χ2v) is 6.83. The van der Waals surface area contributed by atoms with Gasteiger partial charge in [-0.05, 0) is 48.5 Å². The lowest BCUT2D eigenvalue weighted by Crippen LogP contribution is -2.30. The van der Waals surface area contributed by atoms with Crippen molar-refractivity contribution in [2.45, 2.75) is 0 Å². The van der Waals surface area contributed by atoms with Crippen molar-refractivity contribution >= 4 is 40.0 Å². The van der Waals surface area contributed by atoms with Gasteiger partial charge >= 0.3 is 0 Å². The molecule has 0 spiro atoms. The summed E-state index contributed by atoms with van der Waals surface area (Å²) in [4.78, 5) is 22.7. The van der Waals surface area contributed by atoms with Gasteiger partial charge in [0.15, 0.2) is 0 Å². The minimum Gasteiger partial charge on any atom is -0.350 e. The molecular weight excluding hydrogens is 374 g/mol. The topological polar surface area (TPSA) is 63.1 Å². The van der Waals surface area contributed by atoms with Gasteiger partial charge in [0.2, 0.25) is 5.91 Å². The summed E-state index contributed by atoms with van der Waals surface area (Å²) in [5.74, 6) is 0.557. The van der Waals surface area contributed by atoms with Crippen LogP contribution in [0.2, 0.25) is 5.02 Å². The molecule has 140 valence electrons. The van der Waals surface area contributed by atoms with Gasteiger partial charge in [0.1, 0.15) is 12.1 Å². The first-order valence-electron chi connectivity index (χ1n) is 8.75. The maximum atomic E-state index is 12.3. The van der Waals surface area contributed by atoms with Crippen molar-refractivity contribution in [3.8, 4) is 5.69 Å². The summed E-state index contributed by atoms with van der Waals surface area (Å²) < 4.78 is 2.01. The standard InChI is InChI=1S/C21H18ClN5O/c1-26(20-11-6-15(22)12-23-20)13-21(28)25-16-7-9-17(10-8-16)27-14-24-18-4-2-3-5-19(18)27/h2-12,14H,13H2,1H3,(H,25,28). The number of hydrogen-bond acceptors (Lipinski definition) is 4. The third-order valence-corrected chi connectivity index (χ3v) is 4.59. The van der Waals surface area contributed by atoms with Crippen molar-refractivity contribution in [1.29, 1.82) is 0 Å². The summed E-state index contributed by atoms with van der Waals surface area (Å²) >= 11 is 5.85. The molecule has 7 heteroatoms. The number of fused-ring (bicyclic) bond motifs is 1. The van der Waals surface area contributed by atoms with Gasteiger partial charge in [-0.2, -0.15) is 0 Å². The number of hydrogen-bond donors (Lipinski definition) is 1. The fraction of sp³-hybridized carbons (Fsp3) is 0.0952. The number of pyridine rings is 1. The molecule has 0 atom stereocenters. The van der Waals surface area contributed by atoms with Crippen LogP contribution in [0.25, 0.3) is 16.7 Å². The molecule has 1 amide bonds. The lowest BCUT2D eigenvalue weighted by Gasteiger charge is -2.17. The van der Waals surface area contributed by atoms with E-state index in [2.05, 4.69) is 15.3 Å². The summed E-state index contributed by atoms with van der Waals surface area (Å²) in [6.07, 6.45) is 3.36. The maximum Gasteiger partial charge on any atom is 0.243 e. The molecule has 0 aliphatic heterocycles. The molecule has 0 aliphatic carbocycles. The summed E-state index contributed by atoms with van der Waals surface area (Å²) in [5, 5.41) is 3.47. The Labute approximate surface area is 167 Å². The fourth-order valence-electron chi connectivity index (χ4n) is 2.96. The average molecular weight is 392 g/mol. The van der Waals surface area contributed by atoms with Crippen LogP contribution in [-0.4, -0.2) is 34.0 Å². The van der Waals surface area contributed by atoms with Gasteiger partial charge in [0.05, 0.1) is 22.6 Å². The molecule has 6 nitrogen and oxygen atoms in total. The molecule has 0 aliphatic rings. The number of likely N-dealkylation sites (N-methyl/N-ethyl adjacent to an activating group) is 1. The second kappa shape index (κ2) is 7.70. The normalized spacial score (nSPS) is 10.8. The number of imidazole rings is 1. The highest BCUT2D eigenvalue weighted by Crippen LogP contribution is 2.20. The molecule has 2 aromatic heterocycles. The molecule has 4 rings (SSSR count). The van der Waals surface area contributed by atoms with Crippen LogP contribution in [0.1, 0.15) is 0 Å². The van der Waals surface area contributed by atoms with E-state index in [4.69, 9.17) is 11.6 Å². The number of anilines is 2. The summed E-state index contributed by atoms with van der Waals surface area (Å²) in [6, 6.07) is 19.1. The van der Waals surface area contributed by atoms with Gasteiger partial charge in [-0.1, -0.05) is 23.7 Å². The van der Waals surface area contributed by atoms with Crippen molar-refractivity contribution in [3.05, 3.63) is 78.2 Å². The number of rotatable bonds is 5. The molecule has 2 aromatic carbocycles. The number of para-hydroxylation sites is 2. The zero-order valence-electron chi connectivity index (χ0n) is 15.2. The van der Waals surface area contributed by atoms with Crippen LogP contribution in [0, 0.1) is 0 Å². The molecule has 1 N–H and O–H groups in total. The van der Waals surface area contributed by atoms with Crippen LogP contribution in [0.5, 0.6) is 0 Å². The quantitative estimate of drug-likeness (QED) is 0.555. The van der Waals surface area contributed by atoms with Gasteiger partial charge in [0, 0.05) is 24.6 Å².